The van der Waals surface area contributed by atoms with Crippen molar-refractivity contribution in [2.75, 3.05) is 13.1 Å². The van der Waals surface area contributed by atoms with Gasteiger partial charge < -0.3 is 5.11 Å². The van der Waals surface area contributed by atoms with Crippen molar-refractivity contribution in [1.82, 2.24) is 4.31 Å². The molecule has 1 aliphatic rings. The molecule has 7 heteroatoms. The van der Waals surface area contributed by atoms with E-state index in [1.165, 1.54) is 17.3 Å². The van der Waals surface area contributed by atoms with Gasteiger partial charge in [-0.05, 0) is 43.4 Å². The summed E-state index contributed by atoms with van der Waals surface area (Å²) in [6.07, 6.45) is 2.02. The third kappa shape index (κ3) is 3.24. The number of benzene rings is 1. The first-order valence-electron chi connectivity index (χ1n) is 6.81. The number of hydrogen-bond donors (Lipinski definition) is 1. The molecule has 0 atom stereocenters. The Bertz CT molecular complexity index is 668. The molecule has 0 aliphatic heterocycles. The number of aromatic carboxylic acids is 1. The smallest absolute Gasteiger partial charge is 0.338 e. The highest BCUT2D eigenvalue weighted by Gasteiger charge is 2.31. The summed E-state index contributed by atoms with van der Waals surface area (Å²) in [5, 5.41) is 8.98. The number of sulfonamides is 1. The van der Waals surface area contributed by atoms with Crippen LogP contribution in [0.1, 0.15) is 35.7 Å². The molecule has 116 valence electrons. The first kappa shape index (κ1) is 15.9. The van der Waals surface area contributed by atoms with Crippen molar-refractivity contribution in [2.45, 2.75) is 31.6 Å². The monoisotopic (exact) mass is 315 g/mol. The molecule has 1 saturated carbocycles. The van der Waals surface area contributed by atoms with Crippen LogP contribution in [0.3, 0.4) is 0 Å². The number of aryl methyl sites for hydroxylation is 1. The Morgan fingerprint density at radius 1 is 1.43 bits per heavy atom. The lowest BCUT2D eigenvalue weighted by atomic mass is 10.1. The summed E-state index contributed by atoms with van der Waals surface area (Å²) in [6, 6.07) is 2.09. The maximum absolute atomic E-state index is 13.7. The lowest BCUT2D eigenvalue weighted by molar-refractivity contribution is 0.0691. The van der Waals surface area contributed by atoms with Crippen LogP contribution in [0.4, 0.5) is 4.39 Å². The van der Waals surface area contributed by atoms with Gasteiger partial charge in [0.15, 0.2) is 0 Å². The zero-order valence-corrected chi connectivity index (χ0v) is 12.8. The predicted octanol–water partition coefficient (Wildman–Crippen LogP) is 2.25. The summed E-state index contributed by atoms with van der Waals surface area (Å²) >= 11 is 0. The number of carboxylic acids is 1. The van der Waals surface area contributed by atoms with Crippen molar-refractivity contribution in [3.8, 4) is 0 Å². The van der Waals surface area contributed by atoms with Gasteiger partial charge in [-0.15, -0.1) is 0 Å². The molecular formula is C14H18FNO4S. The number of carbonyl (C=O) groups is 1. The van der Waals surface area contributed by atoms with Crippen molar-refractivity contribution < 1.29 is 22.7 Å². The molecule has 5 nitrogen and oxygen atoms in total. The van der Waals surface area contributed by atoms with Gasteiger partial charge in [-0.1, -0.05) is 6.92 Å². The summed E-state index contributed by atoms with van der Waals surface area (Å²) in [5.41, 5.74) is -0.605. The summed E-state index contributed by atoms with van der Waals surface area (Å²) < 4.78 is 40.2. The molecule has 0 bridgehead atoms. The van der Waals surface area contributed by atoms with E-state index in [4.69, 9.17) is 5.11 Å². The first-order chi connectivity index (χ1) is 9.77. The van der Waals surface area contributed by atoms with Gasteiger partial charge in [-0.25, -0.2) is 17.6 Å². The molecule has 1 aromatic rings. The van der Waals surface area contributed by atoms with E-state index in [1.54, 1.807) is 6.92 Å². The lowest BCUT2D eigenvalue weighted by Gasteiger charge is -2.21. The van der Waals surface area contributed by atoms with Crippen molar-refractivity contribution in [2.24, 2.45) is 5.92 Å². The van der Waals surface area contributed by atoms with Crippen LogP contribution in [-0.2, 0) is 10.0 Å². The highest BCUT2D eigenvalue weighted by atomic mass is 32.2. The fourth-order valence-electron chi connectivity index (χ4n) is 2.18. The van der Waals surface area contributed by atoms with Crippen LogP contribution in [0.25, 0.3) is 0 Å². The molecule has 0 radical (unpaired) electrons. The maximum Gasteiger partial charge on any atom is 0.338 e. The van der Waals surface area contributed by atoms with E-state index in [0.29, 0.717) is 19.0 Å². The average molecular weight is 315 g/mol. The van der Waals surface area contributed by atoms with Crippen LogP contribution in [0, 0.1) is 18.7 Å². The Morgan fingerprint density at radius 2 is 2.05 bits per heavy atom. The van der Waals surface area contributed by atoms with Crippen molar-refractivity contribution in [3.05, 3.63) is 29.1 Å². The number of halogens is 1. The highest BCUT2D eigenvalue weighted by Crippen LogP contribution is 2.32. The number of nitrogens with zero attached hydrogens (tertiary/aromatic N) is 1. The molecule has 2 rings (SSSR count). The van der Waals surface area contributed by atoms with Gasteiger partial charge >= 0.3 is 5.97 Å². The van der Waals surface area contributed by atoms with Gasteiger partial charge in [0.25, 0.3) is 0 Å². The Morgan fingerprint density at radius 3 is 2.52 bits per heavy atom. The fourth-order valence-corrected chi connectivity index (χ4v) is 3.81. The quantitative estimate of drug-likeness (QED) is 0.873. The second kappa shape index (κ2) is 5.73. The van der Waals surface area contributed by atoms with E-state index < -0.39 is 27.4 Å². The molecule has 0 amide bonds. The van der Waals surface area contributed by atoms with Gasteiger partial charge in [0.05, 0.1) is 10.5 Å². The van der Waals surface area contributed by atoms with E-state index in [9.17, 15) is 17.6 Å². The van der Waals surface area contributed by atoms with E-state index >= 15 is 0 Å². The SMILES string of the molecule is CCN(CC1CC1)S(=O)(=O)c1cc(C)c(F)c(C(=O)O)c1. The Balaban J connectivity index is 2.45. The van der Waals surface area contributed by atoms with Crippen molar-refractivity contribution in [1.29, 1.82) is 0 Å². The molecule has 0 saturated heterocycles. The maximum atomic E-state index is 13.7. The fraction of sp³-hybridized carbons (Fsp3) is 0.500. The Kier molecular flexibility index (Phi) is 4.34. The number of rotatable bonds is 6. The van der Waals surface area contributed by atoms with Crippen LogP contribution in [-0.4, -0.2) is 36.9 Å². The molecule has 0 unspecified atom stereocenters. The average Bonchev–Trinajstić information content (AvgIpc) is 3.22. The summed E-state index contributed by atoms with van der Waals surface area (Å²) in [5.74, 6) is -2.00. The van der Waals surface area contributed by atoms with Gasteiger partial charge in [0.1, 0.15) is 5.82 Å². The number of carboxylic acid groups (broad SMARTS) is 1. The molecule has 1 aliphatic carbocycles. The van der Waals surface area contributed by atoms with Gasteiger partial charge in [-0.2, -0.15) is 4.31 Å². The summed E-state index contributed by atoms with van der Waals surface area (Å²) in [6.45, 7) is 3.82. The van der Waals surface area contributed by atoms with E-state index in [0.717, 1.165) is 18.9 Å². The first-order valence-corrected chi connectivity index (χ1v) is 8.25. The van der Waals surface area contributed by atoms with Crippen LogP contribution < -0.4 is 0 Å². The standard InChI is InChI=1S/C14H18FNO4S/c1-3-16(8-10-4-5-10)21(19,20)11-6-9(2)13(15)12(7-11)14(17)18/h6-7,10H,3-5,8H2,1-2H3,(H,17,18). The van der Waals surface area contributed by atoms with Crippen LogP contribution >= 0.6 is 0 Å². The van der Waals surface area contributed by atoms with Crippen molar-refractivity contribution in [3.63, 3.8) is 0 Å². The molecule has 1 N–H and O–H groups in total. The molecule has 0 spiro atoms. The van der Waals surface area contributed by atoms with Crippen LogP contribution in [0.15, 0.2) is 17.0 Å². The largest absolute Gasteiger partial charge is 0.478 e. The van der Waals surface area contributed by atoms with E-state index in [1.807, 2.05) is 0 Å². The minimum absolute atomic E-state index is 0.0101. The van der Waals surface area contributed by atoms with E-state index in [-0.39, 0.29) is 10.5 Å². The third-order valence-electron chi connectivity index (χ3n) is 3.61. The molecule has 21 heavy (non-hydrogen) atoms. The van der Waals surface area contributed by atoms with Crippen LogP contribution in [0.5, 0.6) is 0 Å². The minimum atomic E-state index is -3.80. The van der Waals surface area contributed by atoms with Gasteiger partial charge in [0, 0.05) is 13.1 Å². The zero-order valence-electron chi connectivity index (χ0n) is 12.0. The molecule has 0 heterocycles. The van der Waals surface area contributed by atoms with Gasteiger partial charge in [-0.3, -0.25) is 0 Å². The zero-order chi connectivity index (χ0) is 15.8. The predicted molar refractivity (Wildman–Crippen MR) is 75.3 cm³/mol. The minimum Gasteiger partial charge on any atom is -0.478 e. The Hall–Kier alpha value is -1.47. The number of hydrogen-bond acceptors (Lipinski definition) is 3. The molecule has 1 aromatic carbocycles. The molecule has 0 aromatic heterocycles. The highest BCUT2D eigenvalue weighted by molar-refractivity contribution is 7.89. The van der Waals surface area contributed by atoms with Gasteiger partial charge in [0.2, 0.25) is 10.0 Å². The van der Waals surface area contributed by atoms with E-state index in [2.05, 4.69) is 0 Å². The summed E-state index contributed by atoms with van der Waals surface area (Å²) in [4.78, 5) is 10.9. The second-order valence-electron chi connectivity index (χ2n) is 5.31. The topological polar surface area (TPSA) is 74.7 Å². The second-order valence-corrected chi connectivity index (χ2v) is 7.24. The molecule has 1 fully saturated rings. The third-order valence-corrected chi connectivity index (χ3v) is 5.53. The van der Waals surface area contributed by atoms with Crippen LogP contribution in [0.2, 0.25) is 0 Å². The lowest BCUT2D eigenvalue weighted by Crippen LogP contribution is -2.33. The molecular weight excluding hydrogens is 297 g/mol. The summed E-state index contributed by atoms with van der Waals surface area (Å²) in [7, 11) is -3.80. The Labute approximate surface area is 123 Å². The van der Waals surface area contributed by atoms with Crippen molar-refractivity contribution >= 4 is 16.0 Å². The normalized spacial score (nSPS) is 15.4.